The summed E-state index contributed by atoms with van der Waals surface area (Å²) in [5, 5.41) is 7.12. The zero-order chi connectivity index (χ0) is 18.7. The van der Waals surface area contributed by atoms with Crippen molar-refractivity contribution in [2.75, 3.05) is 39.9 Å². The third kappa shape index (κ3) is 4.84. The van der Waals surface area contributed by atoms with E-state index in [4.69, 9.17) is 14.6 Å². The number of likely N-dealkylation sites (N-methyl/N-ethyl adjacent to an activating group) is 1. The van der Waals surface area contributed by atoms with Crippen molar-refractivity contribution in [3.05, 3.63) is 0 Å². The SMILES string of the molecule is CN1CCOCC12CCN(C(=O)C1CCC1)CC2.O=C(O)C(F)(F)F. The molecular formula is C16H25F3N2O4. The normalized spacial score (nSPS) is 24.2. The summed E-state index contributed by atoms with van der Waals surface area (Å²) in [4.78, 5) is 25.7. The predicted molar refractivity (Wildman–Crippen MR) is 83.0 cm³/mol. The Morgan fingerprint density at radius 2 is 1.72 bits per heavy atom. The van der Waals surface area contributed by atoms with E-state index in [1.807, 2.05) is 0 Å². The van der Waals surface area contributed by atoms with Gasteiger partial charge in [-0.25, -0.2) is 4.79 Å². The van der Waals surface area contributed by atoms with Gasteiger partial charge in [0.25, 0.3) is 0 Å². The number of carboxylic acids is 1. The van der Waals surface area contributed by atoms with Crippen LogP contribution >= 0.6 is 0 Å². The number of piperidine rings is 1. The minimum absolute atomic E-state index is 0.203. The van der Waals surface area contributed by atoms with Gasteiger partial charge in [-0.05, 0) is 32.7 Å². The molecule has 1 amide bonds. The average molecular weight is 366 g/mol. The highest BCUT2D eigenvalue weighted by molar-refractivity contribution is 5.79. The van der Waals surface area contributed by atoms with E-state index in [0.29, 0.717) is 11.8 Å². The lowest BCUT2D eigenvalue weighted by atomic mass is 9.82. The number of carbonyl (C=O) groups is 2. The Balaban J connectivity index is 0.000000277. The van der Waals surface area contributed by atoms with Crippen LogP contribution in [0.1, 0.15) is 32.1 Å². The second-order valence-electron chi connectivity index (χ2n) is 6.95. The molecule has 1 saturated carbocycles. The number of nitrogens with zero attached hydrogens (tertiary/aromatic N) is 2. The van der Waals surface area contributed by atoms with Crippen LogP contribution in [0.5, 0.6) is 0 Å². The smallest absolute Gasteiger partial charge is 0.475 e. The van der Waals surface area contributed by atoms with Gasteiger partial charge in [-0.1, -0.05) is 6.42 Å². The van der Waals surface area contributed by atoms with Gasteiger partial charge in [0.1, 0.15) is 0 Å². The summed E-state index contributed by atoms with van der Waals surface area (Å²) < 4.78 is 37.4. The number of aliphatic carboxylic acids is 1. The molecule has 144 valence electrons. The molecule has 25 heavy (non-hydrogen) atoms. The summed E-state index contributed by atoms with van der Waals surface area (Å²) >= 11 is 0. The van der Waals surface area contributed by atoms with Crippen LogP contribution in [0.3, 0.4) is 0 Å². The van der Waals surface area contributed by atoms with Crippen molar-refractivity contribution in [3.63, 3.8) is 0 Å². The first-order valence-electron chi connectivity index (χ1n) is 8.54. The van der Waals surface area contributed by atoms with Crippen LogP contribution in [0.4, 0.5) is 13.2 Å². The third-order valence-corrected chi connectivity index (χ3v) is 5.45. The Labute approximate surface area is 144 Å². The maximum atomic E-state index is 12.2. The highest BCUT2D eigenvalue weighted by Gasteiger charge is 2.42. The van der Waals surface area contributed by atoms with Gasteiger partial charge in [-0.3, -0.25) is 9.69 Å². The molecule has 0 radical (unpaired) electrons. The second-order valence-corrected chi connectivity index (χ2v) is 6.95. The molecule has 2 heterocycles. The van der Waals surface area contributed by atoms with Crippen LogP contribution in [-0.4, -0.2) is 78.4 Å². The number of ether oxygens (including phenoxy) is 1. The van der Waals surface area contributed by atoms with Crippen LogP contribution in [0.25, 0.3) is 0 Å². The Bertz CT molecular complexity index is 486. The number of carboxylic acid groups (broad SMARTS) is 1. The van der Waals surface area contributed by atoms with Crippen molar-refractivity contribution in [2.24, 2.45) is 5.92 Å². The largest absolute Gasteiger partial charge is 0.490 e. The number of halogens is 3. The first-order valence-corrected chi connectivity index (χ1v) is 8.54. The molecule has 3 aliphatic rings. The summed E-state index contributed by atoms with van der Waals surface area (Å²) in [6, 6.07) is 0. The Kier molecular flexibility index (Phi) is 6.31. The molecule has 3 fully saturated rings. The Morgan fingerprint density at radius 3 is 2.12 bits per heavy atom. The number of alkyl halides is 3. The first-order chi connectivity index (χ1) is 11.7. The van der Waals surface area contributed by atoms with Crippen LogP contribution < -0.4 is 0 Å². The lowest BCUT2D eigenvalue weighted by Gasteiger charge is -2.50. The van der Waals surface area contributed by atoms with E-state index in [2.05, 4.69) is 16.8 Å². The molecule has 1 aliphatic carbocycles. The van der Waals surface area contributed by atoms with Crippen LogP contribution in [0.2, 0.25) is 0 Å². The molecular weight excluding hydrogens is 341 g/mol. The van der Waals surface area contributed by atoms with Crippen LogP contribution in [-0.2, 0) is 14.3 Å². The van der Waals surface area contributed by atoms with Crippen molar-refractivity contribution in [3.8, 4) is 0 Å². The van der Waals surface area contributed by atoms with Gasteiger partial charge in [0, 0.05) is 31.1 Å². The van der Waals surface area contributed by atoms with Gasteiger partial charge in [-0.15, -0.1) is 0 Å². The average Bonchev–Trinajstić information content (AvgIpc) is 2.49. The number of amides is 1. The molecule has 0 aromatic rings. The summed E-state index contributed by atoms with van der Waals surface area (Å²) in [6.45, 7) is 4.56. The van der Waals surface area contributed by atoms with Gasteiger partial charge in [-0.2, -0.15) is 13.2 Å². The van der Waals surface area contributed by atoms with Gasteiger partial charge >= 0.3 is 12.1 Å². The summed E-state index contributed by atoms with van der Waals surface area (Å²) in [7, 11) is 2.20. The van der Waals surface area contributed by atoms with Gasteiger partial charge in [0.2, 0.25) is 5.91 Å². The number of morpholine rings is 1. The number of hydrogen-bond donors (Lipinski definition) is 1. The van der Waals surface area contributed by atoms with E-state index in [1.165, 1.54) is 6.42 Å². The molecule has 0 atom stereocenters. The second kappa shape index (κ2) is 7.90. The molecule has 1 spiro atoms. The van der Waals surface area contributed by atoms with Crippen molar-refractivity contribution in [1.29, 1.82) is 0 Å². The number of likely N-dealkylation sites (tertiary alicyclic amines) is 1. The van der Waals surface area contributed by atoms with Crippen molar-refractivity contribution >= 4 is 11.9 Å². The molecule has 0 aromatic heterocycles. The van der Waals surface area contributed by atoms with Gasteiger partial charge in [0.05, 0.1) is 13.2 Å². The maximum Gasteiger partial charge on any atom is 0.490 e. The number of carbonyl (C=O) groups excluding carboxylic acids is 1. The Morgan fingerprint density at radius 1 is 1.16 bits per heavy atom. The topological polar surface area (TPSA) is 70.1 Å². The zero-order valence-electron chi connectivity index (χ0n) is 14.3. The van der Waals surface area contributed by atoms with E-state index < -0.39 is 12.1 Å². The highest BCUT2D eigenvalue weighted by atomic mass is 19.4. The molecule has 6 nitrogen and oxygen atoms in total. The molecule has 0 bridgehead atoms. The highest BCUT2D eigenvalue weighted by Crippen LogP contribution is 2.33. The Hall–Kier alpha value is -1.35. The fourth-order valence-corrected chi connectivity index (χ4v) is 3.39. The lowest BCUT2D eigenvalue weighted by molar-refractivity contribution is -0.192. The fraction of sp³-hybridized carbons (Fsp3) is 0.875. The number of hydrogen-bond acceptors (Lipinski definition) is 4. The van der Waals surface area contributed by atoms with Crippen molar-refractivity contribution < 1.29 is 32.6 Å². The predicted octanol–water partition coefficient (Wildman–Crippen LogP) is 1.74. The van der Waals surface area contributed by atoms with Gasteiger partial charge < -0.3 is 14.7 Å². The van der Waals surface area contributed by atoms with Crippen molar-refractivity contribution in [2.45, 2.75) is 43.8 Å². The molecule has 2 saturated heterocycles. The fourth-order valence-electron chi connectivity index (χ4n) is 3.39. The lowest BCUT2D eigenvalue weighted by Crippen LogP contribution is -2.61. The van der Waals surface area contributed by atoms with Crippen LogP contribution in [0, 0.1) is 5.92 Å². The minimum Gasteiger partial charge on any atom is -0.475 e. The third-order valence-electron chi connectivity index (χ3n) is 5.45. The van der Waals surface area contributed by atoms with E-state index in [1.54, 1.807) is 0 Å². The van der Waals surface area contributed by atoms with Crippen molar-refractivity contribution in [1.82, 2.24) is 9.80 Å². The molecule has 9 heteroatoms. The zero-order valence-corrected chi connectivity index (χ0v) is 14.3. The minimum atomic E-state index is -5.08. The molecule has 3 rings (SSSR count). The quantitative estimate of drug-likeness (QED) is 0.766. The van der Waals surface area contributed by atoms with Crippen LogP contribution in [0.15, 0.2) is 0 Å². The molecule has 1 N–H and O–H groups in total. The monoisotopic (exact) mass is 366 g/mol. The number of rotatable bonds is 1. The molecule has 2 aliphatic heterocycles. The van der Waals surface area contributed by atoms with E-state index >= 15 is 0 Å². The standard InChI is InChI=1S/C14H24N2O2.C2HF3O2/c1-15-9-10-18-11-14(15)5-7-16(8-6-14)13(17)12-3-2-4-12;3-2(4,5)1(6)7/h12H,2-11H2,1H3;(H,6,7). The summed E-state index contributed by atoms with van der Waals surface area (Å²) in [5.74, 6) is -2.00. The summed E-state index contributed by atoms with van der Waals surface area (Å²) in [6.07, 6.45) is 0.529. The van der Waals surface area contributed by atoms with E-state index in [0.717, 1.165) is 58.5 Å². The van der Waals surface area contributed by atoms with E-state index in [-0.39, 0.29) is 5.54 Å². The maximum absolute atomic E-state index is 12.2. The van der Waals surface area contributed by atoms with E-state index in [9.17, 15) is 18.0 Å². The van der Waals surface area contributed by atoms with Gasteiger partial charge in [0.15, 0.2) is 0 Å². The molecule has 0 unspecified atom stereocenters. The summed E-state index contributed by atoms with van der Waals surface area (Å²) in [5.41, 5.74) is 0.203. The molecule has 0 aromatic carbocycles. The first kappa shape index (κ1) is 20.0.